The summed E-state index contributed by atoms with van der Waals surface area (Å²) in [4.78, 5) is 19.7. The zero-order chi connectivity index (χ0) is 21.0. The van der Waals surface area contributed by atoms with Crippen LogP contribution in [0.1, 0.15) is 48.2 Å². The molecule has 0 unspecified atom stereocenters. The minimum Gasteiger partial charge on any atom is -0.352 e. The molecule has 1 amide bonds. The number of hydrogen-bond donors (Lipinski definition) is 2. The van der Waals surface area contributed by atoms with E-state index in [4.69, 9.17) is 4.98 Å². The van der Waals surface area contributed by atoms with Crippen LogP contribution < -0.4 is 10.2 Å². The summed E-state index contributed by atoms with van der Waals surface area (Å²) in [5.41, 5.74) is 3.25. The second-order valence-corrected chi connectivity index (χ2v) is 10.0. The summed E-state index contributed by atoms with van der Waals surface area (Å²) in [5.74, 6) is 0.202. The van der Waals surface area contributed by atoms with Gasteiger partial charge in [-0.05, 0) is 30.5 Å². The Morgan fingerprint density at radius 3 is 2.47 bits per heavy atom. The molecule has 0 spiro atoms. The van der Waals surface area contributed by atoms with Crippen LogP contribution in [-0.4, -0.2) is 25.0 Å². The zero-order valence-electron chi connectivity index (χ0n) is 18.0. The van der Waals surface area contributed by atoms with Crippen LogP contribution in [0.4, 0.5) is 0 Å². The molecule has 0 bridgehead atoms. The molecule has 0 atom stereocenters. The van der Waals surface area contributed by atoms with Crippen molar-refractivity contribution in [1.29, 1.82) is 0 Å². The fourth-order valence-corrected chi connectivity index (χ4v) is 5.76. The van der Waals surface area contributed by atoms with Gasteiger partial charge in [-0.3, -0.25) is 4.79 Å². The maximum Gasteiger partial charge on any atom is 0.226 e. The molecule has 1 saturated carbocycles. The van der Waals surface area contributed by atoms with E-state index >= 15 is 0 Å². The van der Waals surface area contributed by atoms with Gasteiger partial charge < -0.3 is 10.2 Å². The maximum absolute atomic E-state index is 13.5. The average molecular weight is 423 g/mol. The lowest BCUT2D eigenvalue weighted by Gasteiger charge is -2.35. The van der Waals surface area contributed by atoms with Gasteiger partial charge in [0.05, 0.1) is 34.7 Å². The predicted molar refractivity (Wildman–Crippen MR) is 124 cm³/mol. The predicted octanol–water partition coefficient (Wildman–Crippen LogP) is 3.75. The van der Waals surface area contributed by atoms with E-state index in [1.54, 1.807) is 11.3 Å². The molecular weight excluding hydrogens is 390 g/mol. The molecule has 1 aromatic heterocycles. The van der Waals surface area contributed by atoms with Gasteiger partial charge in [0, 0.05) is 18.5 Å². The number of fused-ring (bicyclic) bond motifs is 1. The van der Waals surface area contributed by atoms with Gasteiger partial charge in [0.15, 0.2) is 0 Å². The monoisotopic (exact) mass is 422 g/mol. The van der Waals surface area contributed by atoms with Gasteiger partial charge >= 0.3 is 0 Å². The van der Waals surface area contributed by atoms with Crippen LogP contribution in [0.25, 0.3) is 10.2 Å². The molecule has 1 aliphatic rings. The van der Waals surface area contributed by atoms with Gasteiger partial charge in [-0.25, -0.2) is 4.98 Å². The Labute approximate surface area is 183 Å². The van der Waals surface area contributed by atoms with E-state index in [0.717, 1.165) is 49.2 Å². The number of nitrogens with one attached hydrogen (secondary N) is 2. The summed E-state index contributed by atoms with van der Waals surface area (Å²) in [7, 11) is 4.31. The van der Waals surface area contributed by atoms with Crippen LogP contribution in [0.2, 0.25) is 0 Å². The first-order valence-corrected chi connectivity index (χ1v) is 11.9. The summed E-state index contributed by atoms with van der Waals surface area (Å²) in [6, 6.07) is 16.7. The number of nitrogens with zero attached hydrogens (tertiary/aromatic N) is 1. The topological polar surface area (TPSA) is 46.4 Å². The average Bonchev–Trinajstić information content (AvgIpc) is 3.15. The molecule has 4 nitrogen and oxygen atoms in total. The van der Waals surface area contributed by atoms with E-state index < -0.39 is 0 Å². The molecular formula is C25H32N3OS+. The third-order valence-corrected chi connectivity index (χ3v) is 7.26. The standard InChI is InChI=1S/C25H31N3OS/c1-28(2)18-20-11-5-4-10-19(20)17-26-24(29)25(14-8-3-9-15-25)16-23-27-21-12-6-7-13-22(21)30-23/h4-7,10-13H,3,8-9,14-18H2,1-2H3,(H,26,29)/p+1. The van der Waals surface area contributed by atoms with Crippen LogP contribution in [0, 0.1) is 5.41 Å². The molecule has 3 aromatic rings. The van der Waals surface area contributed by atoms with Gasteiger partial charge in [0.1, 0.15) is 6.54 Å². The normalized spacial score (nSPS) is 16.1. The van der Waals surface area contributed by atoms with Crippen molar-refractivity contribution in [2.45, 2.75) is 51.6 Å². The molecule has 158 valence electrons. The zero-order valence-corrected chi connectivity index (χ0v) is 18.9. The van der Waals surface area contributed by atoms with Crippen LogP contribution in [0.15, 0.2) is 48.5 Å². The number of hydrogen-bond acceptors (Lipinski definition) is 3. The Morgan fingerprint density at radius 1 is 1.03 bits per heavy atom. The molecule has 0 saturated heterocycles. The van der Waals surface area contributed by atoms with E-state index in [1.807, 2.05) is 6.07 Å². The van der Waals surface area contributed by atoms with Crippen molar-refractivity contribution in [1.82, 2.24) is 10.3 Å². The van der Waals surface area contributed by atoms with Gasteiger partial charge in [-0.15, -0.1) is 11.3 Å². The van der Waals surface area contributed by atoms with Gasteiger partial charge in [-0.1, -0.05) is 55.7 Å². The van der Waals surface area contributed by atoms with E-state index in [-0.39, 0.29) is 11.3 Å². The Kier molecular flexibility index (Phi) is 6.49. The Bertz CT molecular complexity index is 971. The lowest BCUT2D eigenvalue weighted by atomic mass is 9.71. The summed E-state index contributed by atoms with van der Waals surface area (Å²) in [6.45, 7) is 1.56. The second-order valence-electron chi connectivity index (χ2n) is 8.93. The summed E-state index contributed by atoms with van der Waals surface area (Å²) >= 11 is 1.74. The molecule has 0 radical (unpaired) electrons. The molecule has 2 aromatic carbocycles. The Balaban J connectivity index is 1.51. The van der Waals surface area contributed by atoms with Crippen molar-refractivity contribution in [3.8, 4) is 0 Å². The summed E-state index contributed by atoms with van der Waals surface area (Å²) in [5, 5.41) is 4.39. The van der Waals surface area contributed by atoms with Gasteiger partial charge in [-0.2, -0.15) is 0 Å². The van der Waals surface area contributed by atoms with E-state index in [0.29, 0.717) is 6.54 Å². The number of aromatic nitrogens is 1. The fourth-order valence-electron chi connectivity index (χ4n) is 4.64. The highest BCUT2D eigenvalue weighted by Gasteiger charge is 2.40. The Morgan fingerprint density at radius 2 is 1.73 bits per heavy atom. The van der Waals surface area contributed by atoms with Crippen molar-refractivity contribution in [2.24, 2.45) is 5.41 Å². The number of carbonyl (C=O) groups is 1. The quantitative estimate of drug-likeness (QED) is 0.609. The molecule has 30 heavy (non-hydrogen) atoms. The van der Waals surface area contributed by atoms with Crippen molar-refractivity contribution in [2.75, 3.05) is 14.1 Å². The van der Waals surface area contributed by atoms with Crippen molar-refractivity contribution in [3.05, 3.63) is 64.7 Å². The van der Waals surface area contributed by atoms with Crippen molar-refractivity contribution in [3.63, 3.8) is 0 Å². The maximum atomic E-state index is 13.5. The highest BCUT2D eigenvalue weighted by Crippen LogP contribution is 2.41. The first-order chi connectivity index (χ1) is 14.6. The van der Waals surface area contributed by atoms with Crippen LogP contribution in [0.3, 0.4) is 0 Å². The first-order valence-electron chi connectivity index (χ1n) is 11.0. The van der Waals surface area contributed by atoms with E-state index in [1.165, 1.54) is 27.1 Å². The van der Waals surface area contributed by atoms with E-state index in [2.05, 4.69) is 61.9 Å². The van der Waals surface area contributed by atoms with E-state index in [9.17, 15) is 4.79 Å². The molecule has 1 aliphatic carbocycles. The van der Waals surface area contributed by atoms with Crippen LogP contribution >= 0.6 is 11.3 Å². The lowest BCUT2D eigenvalue weighted by Crippen LogP contribution is -3.04. The molecule has 5 heteroatoms. The number of amides is 1. The summed E-state index contributed by atoms with van der Waals surface area (Å²) < 4.78 is 1.21. The minimum atomic E-state index is -0.326. The third-order valence-electron chi connectivity index (χ3n) is 6.22. The molecule has 1 heterocycles. The number of carbonyl (C=O) groups excluding carboxylic acids is 1. The number of thiazole rings is 1. The van der Waals surface area contributed by atoms with Crippen molar-refractivity contribution < 1.29 is 9.69 Å². The number of quaternary nitrogens is 1. The fraction of sp³-hybridized carbons (Fsp3) is 0.440. The molecule has 1 fully saturated rings. The molecule has 0 aliphatic heterocycles. The Hall–Kier alpha value is -2.24. The van der Waals surface area contributed by atoms with Gasteiger partial charge in [0.25, 0.3) is 0 Å². The molecule has 2 N–H and O–H groups in total. The highest BCUT2D eigenvalue weighted by atomic mass is 32.1. The van der Waals surface area contributed by atoms with Crippen LogP contribution in [-0.2, 0) is 24.3 Å². The highest BCUT2D eigenvalue weighted by molar-refractivity contribution is 7.18. The number of para-hydroxylation sites is 1. The smallest absolute Gasteiger partial charge is 0.226 e. The lowest BCUT2D eigenvalue weighted by molar-refractivity contribution is -0.872. The SMILES string of the molecule is C[NH+](C)Cc1ccccc1CNC(=O)C1(Cc2nc3ccccc3s2)CCCCC1. The third kappa shape index (κ3) is 4.73. The van der Waals surface area contributed by atoms with Crippen molar-refractivity contribution >= 4 is 27.5 Å². The molecule has 4 rings (SSSR count). The largest absolute Gasteiger partial charge is 0.352 e. The summed E-state index contributed by atoms with van der Waals surface area (Å²) in [6.07, 6.45) is 6.14. The number of rotatable bonds is 7. The minimum absolute atomic E-state index is 0.202. The second kappa shape index (κ2) is 9.27. The van der Waals surface area contributed by atoms with Crippen LogP contribution in [0.5, 0.6) is 0 Å². The van der Waals surface area contributed by atoms with Gasteiger partial charge in [0.2, 0.25) is 5.91 Å². The number of benzene rings is 2. The first kappa shape index (κ1) is 21.0.